The minimum atomic E-state index is -4.18. The summed E-state index contributed by atoms with van der Waals surface area (Å²) in [7, 11) is -4.18. The number of ether oxygens (including phenoxy) is 1. The maximum absolute atomic E-state index is 13.7. The maximum atomic E-state index is 13.7. The highest BCUT2D eigenvalue weighted by molar-refractivity contribution is 7.89. The van der Waals surface area contributed by atoms with E-state index in [-0.39, 0.29) is 17.0 Å². The third-order valence-electron chi connectivity index (χ3n) is 4.43. The molecular formula is C19H19F2NO4S. The fourth-order valence-electron chi connectivity index (χ4n) is 3.01. The topological polar surface area (TPSA) is 72.5 Å². The Morgan fingerprint density at radius 2 is 1.89 bits per heavy atom. The molecule has 144 valence electrons. The van der Waals surface area contributed by atoms with Crippen LogP contribution in [-0.2, 0) is 20.5 Å². The average molecular weight is 395 g/mol. The SMILES string of the molecule is O=C(NS(=O)(=O)Cc1cccc(F)c1F)c1ccc(C2CCCOC2)cc1. The van der Waals surface area contributed by atoms with Gasteiger partial charge in [0.25, 0.3) is 5.91 Å². The maximum Gasteiger partial charge on any atom is 0.264 e. The summed E-state index contributed by atoms with van der Waals surface area (Å²) in [5.74, 6) is -3.78. The fraction of sp³-hybridized carbons (Fsp3) is 0.316. The van der Waals surface area contributed by atoms with Crippen LogP contribution in [0, 0.1) is 11.6 Å². The number of benzene rings is 2. The van der Waals surface area contributed by atoms with Crippen molar-refractivity contribution >= 4 is 15.9 Å². The van der Waals surface area contributed by atoms with Gasteiger partial charge < -0.3 is 4.74 Å². The lowest BCUT2D eigenvalue weighted by atomic mass is 9.93. The largest absolute Gasteiger partial charge is 0.381 e. The van der Waals surface area contributed by atoms with Gasteiger partial charge in [-0.25, -0.2) is 21.9 Å². The van der Waals surface area contributed by atoms with E-state index < -0.39 is 33.3 Å². The number of rotatable bonds is 5. The summed E-state index contributed by atoms with van der Waals surface area (Å²) in [4.78, 5) is 12.2. The molecule has 1 N–H and O–H groups in total. The fourth-order valence-corrected chi connectivity index (χ4v) is 4.12. The van der Waals surface area contributed by atoms with Crippen molar-refractivity contribution < 1.29 is 26.7 Å². The van der Waals surface area contributed by atoms with Gasteiger partial charge in [0.15, 0.2) is 11.6 Å². The first-order valence-electron chi connectivity index (χ1n) is 8.51. The highest BCUT2D eigenvalue weighted by Crippen LogP contribution is 2.25. The molecule has 0 aromatic heterocycles. The van der Waals surface area contributed by atoms with Gasteiger partial charge in [0.05, 0.1) is 12.4 Å². The van der Waals surface area contributed by atoms with E-state index in [1.807, 2.05) is 4.72 Å². The Morgan fingerprint density at radius 3 is 2.56 bits per heavy atom. The summed E-state index contributed by atoms with van der Waals surface area (Å²) in [6, 6.07) is 9.88. The second-order valence-corrected chi connectivity index (χ2v) is 8.16. The Kier molecular flexibility index (Phi) is 5.86. The van der Waals surface area contributed by atoms with Gasteiger partial charge in [0, 0.05) is 23.7 Å². The molecule has 0 spiro atoms. The number of hydrogen-bond donors (Lipinski definition) is 1. The van der Waals surface area contributed by atoms with Gasteiger partial charge in [-0.15, -0.1) is 0 Å². The predicted molar refractivity (Wildman–Crippen MR) is 95.7 cm³/mol. The zero-order valence-corrected chi connectivity index (χ0v) is 15.3. The van der Waals surface area contributed by atoms with Crippen LogP contribution in [0.15, 0.2) is 42.5 Å². The standard InChI is InChI=1S/C19H19F2NO4S/c20-17-5-1-3-16(18(17)21)12-27(24,25)22-19(23)14-8-6-13(7-9-14)15-4-2-10-26-11-15/h1,3,5-9,15H,2,4,10-12H2,(H,22,23). The molecule has 1 atom stereocenters. The molecule has 3 rings (SSSR count). The average Bonchev–Trinajstić information content (AvgIpc) is 2.66. The molecule has 0 saturated carbocycles. The molecule has 1 fully saturated rings. The molecule has 1 aliphatic rings. The minimum Gasteiger partial charge on any atom is -0.381 e. The smallest absolute Gasteiger partial charge is 0.264 e. The van der Waals surface area contributed by atoms with Crippen LogP contribution in [0.4, 0.5) is 8.78 Å². The molecule has 1 aliphatic heterocycles. The Hall–Kier alpha value is -2.32. The van der Waals surface area contributed by atoms with E-state index in [4.69, 9.17) is 4.74 Å². The molecule has 0 bridgehead atoms. The van der Waals surface area contributed by atoms with Crippen LogP contribution in [0.2, 0.25) is 0 Å². The van der Waals surface area contributed by atoms with Crippen molar-refractivity contribution in [3.05, 3.63) is 70.8 Å². The summed E-state index contributed by atoms with van der Waals surface area (Å²) in [6.45, 7) is 1.37. The van der Waals surface area contributed by atoms with E-state index in [0.29, 0.717) is 6.61 Å². The summed E-state index contributed by atoms with van der Waals surface area (Å²) >= 11 is 0. The van der Waals surface area contributed by atoms with Crippen molar-refractivity contribution in [3.63, 3.8) is 0 Å². The molecule has 0 radical (unpaired) electrons. The van der Waals surface area contributed by atoms with Crippen molar-refractivity contribution in [2.24, 2.45) is 0 Å². The lowest BCUT2D eigenvalue weighted by Gasteiger charge is -2.22. The second-order valence-electron chi connectivity index (χ2n) is 6.44. The summed E-state index contributed by atoms with van der Waals surface area (Å²) in [5, 5.41) is 0. The lowest BCUT2D eigenvalue weighted by molar-refractivity contribution is 0.0804. The molecule has 1 saturated heterocycles. The van der Waals surface area contributed by atoms with Crippen molar-refractivity contribution in [2.75, 3.05) is 13.2 Å². The van der Waals surface area contributed by atoms with Crippen molar-refractivity contribution in [1.82, 2.24) is 4.72 Å². The van der Waals surface area contributed by atoms with Gasteiger partial charge in [0.1, 0.15) is 0 Å². The van der Waals surface area contributed by atoms with Crippen LogP contribution in [-0.4, -0.2) is 27.5 Å². The molecule has 0 aliphatic carbocycles. The van der Waals surface area contributed by atoms with Crippen LogP contribution in [0.5, 0.6) is 0 Å². The first-order valence-corrected chi connectivity index (χ1v) is 10.2. The van der Waals surface area contributed by atoms with Gasteiger partial charge in [-0.05, 0) is 36.6 Å². The van der Waals surface area contributed by atoms with Crippen molar-refractivity contribution in [1.29, 1.82) is 0 Å². The van der Waals surface area contributed by atoms with Crippen LogP contribution < -0.4 is 4.72 Å². The number of nitrogens with one attached hydrogen (secondary N) is 1. The molecule has 8 heteroatoms. The summed E-state index contributed by atoms with van der Waals surface area (Å²) < 4.78 is 58.4. The zero-order chi connectivity index (χ0) is 19.4. The quantitative estimate of drug-likeness (QED) is 0.844. The minimum absolute atomic E-state index is 0.166. The molecule has 27 heavy (non-hydrogen) atoms. The number of halogens is 2. The first kappa shape index (κ1) is 19.4. The van der Waals surface area contributed by atoms with E-state index >= 15 is 0 Å². The number of carbonyl (C=O) groups excluding carboxylic acids is 1. The van der Waals surface area contributed by atoms with Gasteiger partial charge in [-0.1, -0.05) is 24.3 Å². The molecule has 2 aromatic rings. The molecular weight excluding hydrogens is 376 g/mol. The zero-order valence-electron chi connectivity index (χ0n) is 14.5. The normalized spacial score (nSPS) is 17.5. The number of sulfonamides is 1. The van der Waals surface area contributed by atoms with Crippen LogP contribution in [0.25, 0.3) is 0 Å². The van der Waals surface area contributed by atoms with E-state index in [1.54, 1.807) is 12.1 Å². The molecule has 1 amide bonds. The van der Waals surface area contributed by atoms with Gasteiger partial charge >= 0.3 is 0 Å². The van der Waals surface area contributed by atoms with E-state index in [9.17, 15) is 22.0 Å². The highest BCUT2D eigenvalue weighted by atomic mass is 32.2. The Bertz CT molecular complexity index is 923. The molecule has 1 heterocycles. The second kappa shape index (κ2) is 8.14. The number of amides is 1. The summed E-state index contributed by atoms with van der Waals surface area (Å²) in [6.07, 6.45) is 1.97. The monoisotopic (exact) mass is 395 g/mol. The Morgan fingerprint density at radius 1 is 1.15 bits per heavy atom. The Labute approximate surface area is 156 Å². The highest BCUT2D eigenvalue weighted by Gasteiger charge is 2.21. The lowest BCUT2D eigenvalue weighted by Crippen LogP contribution is -2.32. The van der Waals surface area contributed by atoms with E-state index in [2.05, 4.69) is 0 Å². The van der Waals surface area contributed by atoms with Crippen LogP contribution in [0.3, 0.4) is 0 Å². The molecule has 5 nitrogen and oxygen atoms in total. The van der Waals surface area contributed by atoms with Crippen LogP contribution in [0.1, 0.15) is 40.2 Å². The number of hydrogen-bond acceptors (Lipinski definition) is 4. The molecule has 2 aromatic carbocycles. The predicted octanol–water partition coefficient (Wildman–Crippen LogP) is 3.12. The van der Waals surface area contributed by atoms with E-state index in [1.165, 1.54) is 18.2 Å². The third-order valence-corrected chi connectivity index (χ3v) is 5.62. The third kappa shape index (κ3) is 4.90. The number of carbonyl (C=O) groups is 1. The van der Waals surface area contributed by atoms with Gasteiger partial charge in [-0.2, -0.15) is 0 Å². The summed E-state index contributed by atoms with van der Waals surface area (Å²) in [5.41, 5.74) is 0.845. The van der Waals surface area contributed by atoms with Crippen molar-refractivity contribution in [3.8, 4) is 0 Å². The van der Waals surface area contributed by atoms with Crippen molar-refractivity contribution in [2.45, 2.75) is 24.5 Å². The van der Waals surface area contributed by atoms with Gasteiger partial charge in [0.2, 0.25) is 10.0 Å². The van der Waals surface area contributed by atoms with Gasteiger partial charge in [-0.3, -0.25) is 4.79 Å². The van der Waals surface area contributed by atoms with E-state index in [0.717, 1.165) is 37.1 Å². The Balaban J connectivity index is 1.67. The first-order chi connectivity index (χ1) is 12.9. The molecule has 1 unspecified atom stereocenters. The van der Waals surface area contributed by atoms with Crippen LogP contribution >= 0.6 is 0 Å².